The van der Waals surface area contributed by atoms with Crippen molar-refractivity contribution in [2.45, 2.75) is 6.54 Å². The van der Waals surface area contributed by atoms with Gasteiger partial charge in [-0.2, -0.15) is 0 Å². The van der Waals surface area contributed by atoms with Gasteiger partial charge in [-0.15, -0.1) is 0 Å². The minimum atomic E-state index is -0.165. The molecule has 2 aromatic rings. The van der Waals surface area contributed by atoms with Crippen LogP contribution in [0.5, 0.6) is 23.0 Å². The number of fused-ring (bicyclic) bond motifs is 3. The zero-order valence-corrected chi connectivity index (χ0v) is 16.7. The third kappa shape index (κ3) is 3.66. The zero-order valence-electron chi connectivity index (χ0n) is 16.7. The Balaban J connectivity index is 1.67. The highest BCUT2D eigenvalue weighted by Gasteiger charge is 2.33. The lowest BCUT2D eigenvalue weighted by Crippen LogP contribution is -2.34. The van der Waals surface area contributed by atoms with E-state index in [4.69, 9.17) is 23.7 Å². The minimum Gasteiger partial charge on any atom is -0.497 e. The molecule has 0 radical (unpaired) electrons. The normalized spacial score (nSPS) is 16.8. The van der Waals surface area contributed by atoms with Gasteiger partial charge in [-0.3, -0.25) is 9.69 Å². The first kappa shape index (κ1) is 19.3. The fourth-order valence-corrected chi connectivity index (χ4v) is 3.46. The van der Waals surface area contributed by atoms with Crippen LogP contribution in [0.15, 0.2) is 36.1 Å². The van der Waals surface area contributed by atoms with Gasteiger partial charge < -0.3 is 23.7 Å². The van der Waals surface area contributed by atoms with Crippen LogP contribution >= 0.6 is 0 Å². The van der Waals surface area contributed by atoms with Crippen LogP contribution in [0.3, 0.4) is 0 Å². The number of ether oxygens (including phenoxy) is 5. The molecule has 0 bridgehead atoms. The fraction of sp³-hybridized carbons (Fsp3) is 0.318. The largest absolute Gasteiger partial charge is 0.497 e. The number of hydrogen-bond donors (Lipinski definition) is 0. The molecule has 29 heavy (non-hydrogen) atoms. The van der Waals surface area contributed by atoms with Gasteiger partial charge in [-0.1, -0.05) is 0 Å². The second kappa shape index (κ2) is 8.14. The Morgan fingerprint density at radius 3 is 2.76 bits per heavy atom. The van der Waals surface area contributed by atoms with Crippen LogP contribution in [0.2, 0.25) is 0 Å². The summed E-state index contributed by atoms with van der Waals surface area (Å²) in [7, 11) is 4.84. The standard InChI is InChI=1S/C22H23NO6/c1-25-9-8-23-12-17-19(28-13-23)7-5-16-21(24)20(29-22(16)17)11-14-10-15(26-2)4-6-18(14)27-3/h4-7,10-11H,8-9,12-13H2,1-3H3/b20-11-. The number of Topliss-reactive ketones (excluding diaryl/α,β-unsaturated/α-hetero) is 1. The third-order valence-electron chi connectivity index (χ3n) is 5.02. The molecule has 0 spiro atoms. The summed E-state index contributed by atoms with van der Waals surface area (Å²) in [4.78, 5) is 15.1. The summed E-state index contributed by atoms with van der Waals surface area (Å²) in [6.45, 7) is 2.45. The summed E-state index contributed by atoms with van der Waals surface area (Å²) in [6, 6.07) is 8.98. The maximum atomic E-state index is 13.0. The van der Waals surface area contributed by atoms with E-state index in [-0.39, 0.29) is 11.5 Å². The highest BCUT2D eigenvalue weighted by molar-refractivity contribution is 6.15. The van der Waals surface area contributed by atoms with Gasteiger partial charge in [0.25, 0.3) is 0 Å². The molecule has 0 amide bonds. The number of ketones is 1. The van der Waals surface area contributed by atoms with Crippen molar-refractivity contribution in [1.82, 2.24) is 4.90 Å². The van der Waals surface area contributed by atoms with E-state index >= 15 is 0 Å². The van der Waals surface area contributed by atoms with E-state index in [9.17, 15) is 4.79 Å². The first-order valence-corrected chi connectivity index (χ1v) is 9.31. The van der Waals surface area contributed by atoms with E-state index in [1.807, 2.05) is 6.07 Å². The molecule has 0 unspecified atom stereocenters. The van der Waals surface area contributed by atoms with Crippen molar-refractivity contribution >= 4 is 11.9 Å². The van der Waals surface area contributed by atoms with E-state index in [1.165, 1.54) is 0 Å². The molecule has 0 fully saturated rings. The molecule has 2 heterocycles. The van der Waals surface area contributed by atoms with Crippen molar-refractivity contribution in [1.29, 1.82) is 0 Å². The molecule has 0 saturated carbocycles. The molecule has 2 aliphatic heterocycles. The highest BCUT2D eigenvalue weighted by Crippen LogP contribution is 2.42. The average Bonchev–Trinajstić information content (AvgIpc) is 3.07. The van der Waals surface area contributed by atoms with Gasteiger partial charge in [-0.05, 0) is 36.4 Å². The molecule has 152 valence electrons. The van der Waals surface area contributed by atoms with Gasteiger partial charge in [0, 0.05) is 25.8 Å². The van der Waals surface area contributed by atoms with Gasteiger partial charge in [0.2, 0.25) is 5.78 Å². The van der Waals surface area contributed by atoms with Gasteiger partial charge in [0.15, 0.2) is 5.76 Å². The van der Waals surface area contributed by atoms with Gasteiger partial charge in [-0.25, -0.2) is 0 Å². The van der Waals surface area contributed by atoms with Crippen molar-refractivity contribution < 1.29 is 28.5 Å². The SMILES string of the molecule is COCCN1COc2ccc3c(c2C1)O/C(=C\c1cc(OC)ccc1OC)C3=O. The molecule has 4 rings (SSSR count). The van der Waals surface area contributed by atoms with Crippen LogP contribution in [0.1, 0.15) is 21.5 Å². The van der Waals surface area contributed by atoms with E-state index < -0.39 is 0 Å². The minimum absolute atomic E-state index is 0.165. The number of carbonyl (C=O) groups is 1. The van der Waals surface area contributed by atoms with Crippen LogP contribution in [-0.4, -0.2) is 51.9 Å². The van der Waals surface area contributed by atoms with E-state index in [1.54, 1.807) is 51.7 Å². The fourth-order valence-electron chi connectivity index (χ4n) is 3.46. The first-order valence-electron chi connectivity index (χ1n) is 9.31. The summed E-state index contributed by atoms with van der Waals surface area (Å²) < 4.78 is 27.7. The second-order valence-electron chi connectivity index (χ2n) is 6.79. The summed E-state index contributed by atoms with van der Waals surface area (Å²) in [6.07, 6.45) is 1.68. The topological polar surface area (TPSA) is 66.5 Å². The molecule has 7 nitrogen and oxygen atoms in total. The van der Waals surface area contributed by atoms with Crippen molar-refractivity contribution in [3.05, 3.63) is 52.8 Å². The van der Waals surface area contributed by atoms with Crippen LogP contribution in [-0.2, 0) is 11.3 Å². The van der Waals surface area contributed by atoms with Gasteiger partial charge in [0.1, 0.15) is 29.7 Å². The smallest absolute Gasteiger partial charge is 0.231 e. The number of nitrogens with zero attached hydrogens (tertiary/aromatic N) is 1. The lowest BCUT2D eigenvalue weighted by Gasteiger charge is -2.29. The van der Waals surface area contributed by atoms with E-state index in [0.717, 1.165) is 17.9 Å². The molecular weight excluding hydrogens is 374 g/mol. The monoisotopic (exact) mass is 397 g/mol. The quantitative estimate of drug-likeness (QED) is 0.694. The maximum absolute atomic E-state index is 13.0. The van der Waals surface area contributed by atoms with Crippen molar-refractivity contribution in [3.63, 3.8) is 0 Å². The Kier molecular flexibility index (Phi) is 5.42. The van der Waals surface area contributed by atoms with Crippen LogP contribution < -0.4 is 18.9 Å². The lowest BCUT2D eigenvalue weighted by molar-refractivity contribution is 0.0646. The molecule has 2 aliphatic rings. The number of rotatable bonds is 6. The third-order valence-corrected chi connectivity index (χ3v) is 5.02. The second-order valence-corrected chi connectivity index (χ2v) is 6.79. The highest BCUT2D eigenvalue weighted by atomic mass is 16.5. The molecule has 7 heteroatoms. The zero-order chi connectivity index (χ0) is 20.4. The number of carbonyl (C=O) groups excluding carboxylic acids is 1. The van der Waals surface area contributed by atoms with Crippen molar-refractivity contribution in [2.75, 3.05) is 41.2 Å². The average molecular weight is 397 g/mol. The van der Waals surface area contributed by atoms with Gasteiger partial charge in [0.05, 0.1) is 32.0 Å². The number of hydrogen-bond acceptors (Lipinski definition) is 7. The van der Waals surface area contributed by atoms with Gasteiger partial charge >= 0.3 is 0 Å². The lowest BCUT2D eigenvalue weighted by atomic mass is 10.0. The molecule has 0 aromatic heterocycles. The van der Waals surface area contributed by atoms with Crippen LogP contribution in [0.4, 0.5) is 0 Å². The Hall–Kier alpha value is -3.03. The summed E-state index contributed by atoms with van der Waals surface area (Å²) in [5.41, 5.74) is 2.11. The Bertz CT molecular complexity index is 968. The van der Waals surface area contributed by atoms with Crippen molar-refractivity contribution in [3.8, 4) is 23.0 Å². The van der Waals surface area contributed by atoms with E-state index in [2.05, 4.69) is 4.90 Å². The molecule has 0 aliphatic carbocycles. The summed E-state index contributed by atoms with van der Waals surface area (Å²) in [5, 5.41) is 0. The Morgan fingerprint density at radius 1 is 1.14 bits per heavy atom. The number of methoxy groups -OCH3 is 3. The van der Waals surface area contributed by atoms with E-state index in [0.29, 0.717) is 48.3 Å². The van der Waals surface area contributed by atoms with Crippen LogP contribution in [0, 0.1) is 0 Å². The molecule has 0 atom stereocenters. The summed E-state index contributed by atoms with van der Waals surface area (Å²) >= 11 is 0. The van der Waals surface area contributed by atoms with Crippen molar-refractivity contribution in [2.24, 2.45) is 0 Å². The van der Waals surface area contributed by atoms with Crippen LogP contribution in [0.25, 0.3) is 6.08 Å². The Labute approximate surface area is 169 Å². The number of benzene rings is 2. The maximum Gasteiger partial charge on any atom is 0.231 e. The molecule has 0 saturated heterocycles. The number of allylic oxidation sites excluding steroid dienone is 1. The summed E-state index contributed by atoms with van der Waals surface area (Å²) in [5.74, 6) is 2.67. The predicted octanol–water partition coefficient (Wildman–Crippen LogP) is 3.12. The Morgan fingerprint density at radius 2 is 2.00 bits per heavy atom. The predicted molar refractivity (Wildman–Crippen MR) is 107 cm³/mol. The molecular formula is C22H23NO6. The molecule has 0 N–H and O–H groups in total. The molecule has 2 aromatic carbocycles. The first-order chi connectivity index (χ1) is 14.1.